The minimum atomic E-state index is -2.57. The topological polar surface area (TPSA) is 57.1 Å². The van der Waals surface area contributed by atoms with E-state index >= 15 is 0 Å². The van der Waals surface area contributed by atoms with Crippen LogP contribution in [0.25, 0.3) is 0 Å². The van der Waals surface area contributed by atoms with Gasteiger partial charge in [-0.05, 0) is 6.42 Å². The summed E-state index contributed by atoms with van der Waals surface area (Å²) in [5.41, 5.74) is 0. The summed E-state index contributed by atoms with van der Waals surface area (Å²) in [6, 6.07) is 0.741. The van der Waals surface area contributed by atoms with Crippen LogP contribution in [0.1, 0.15) is 19.8 Å². The number of aliphatic imine (C=N–C) groups is 1. The van der Waals surface area contributed by atoms with E-state index in [4.69, 9.17) is 13.3 Å². The molecule has 0 aromatic carbocycles. The second kappa shape index (κ2) is 7.84. The maximum Gasteiger partial charge on any atom is 0.501 e. The average molecular weight is 219 g/mol. The molecule has 5 nitrogen and oxygen atoms in total. The van der Waals surface area contributed by atoms with Gasteiger partial charge in [0.25, 0.3) is 0 Å². The molecule has 82 valence electrons. The third kappa shape index (κ3) is 4.64. The minimum Gasteiger partial charge on any atom is -0.377 e. The van der Waals surface area contributed by atoms with Crippen molar-refractivity contribution in [2.45, 2.75) is 25.8 Å². The quantitative estimate of drug-likeness (QED) is 0.351. The summed E-state index contributed by atoms with van der Waals surface area (Å²) in [5, 5.41) is 0. The van der Waals surface area contributed by atoms with Gasteiger partial charge in [0.15, 0.2) is 0 Å². The largest absolute Gasteiger partial charge is 0.501 e. The lowest BCUT2D eigenvalue weighted by Gasteiger charge is -2.24. The highest BCUT2D eigenvalue weighted by molar-refractivity contribution is 6.60. The number of nitrogens with zero attached hydrogens (tertiary/aromatic N) is 1. The molecule has 0 saturated heterocycles. The lowest BCUT2D eigenvalue weighted by molar-refractivity contribution is 0.101. The zero-order valence-electron chi connectivity index (χ0n) is 8.91. The van der Waals surface area contributed by atoms with Crippen molar-refractivity contribution in [1.29, 1.82) is 0 Å². The highest BCUT2D eigenvalue weighted by atomic mass is 28.4. The van der Waals surface area contributed by atoms with Gasteiger partial charge in [-0.15, -0.1) is 0 Å². The van der Waals surface area contributed by atoms with Crippen molar-refractivity contribution in [1.82, 2.24) is 0 Å². The summed E-state index contributed by atoms with van der Waals surface area (Å²) in [4.78, 5) is 13.2. The van der Waals surface area contributed by atoms with E-state index in [0.29, 0.717) is 0 Å². The summed E-state index contributed by atoms with van der Waals surface area (Å²) in [6.07, 6.45) is 3.42. The molecule has 0 aliphatic heterocycles. The molecule has 0 N–H and O–H groups in total. The van der Waals surface area contributed by atoms with Crippen molar-refractivity contribution in [3.63, 3.8) is 0 Å². The predicted octanol–water partition coefficient (Wildman–Crippen LogP) is 1.33. The summed E-state index contributed by atoms with van der Waals surface area (Å²) >= 11 is 0. The van der Waals surface area contributed by atoms with Crippen molar-refractivity contribution in [3.8, 4) is 0 Å². The van der Waals surface area contributed by atoms with Crippen molar-refractivity contribution in [3.05, 3.63) is 0 Å². The summed E-state index contributed by atoms with van der Waals surface area (Å²) in [5.74, 6) is 0. The molecule has 0 atom stereocenters. The zero-order valence-corrected chi connectivity index (χ0v) is 9.91. The van der Waals surface area contributed by atoms with E-state index in [1.54, 1.807) is 14.2 Å². The Hall–Kier alpha value is -0.523. The first-order valence-electron chi connectivity index (χ1n) is 4.52. The van der Waals surface area contributed by atoms with Crippen LogP contribution in [-0.2, 0) is 18.1 Å². The number of rotatable bonds is 8. The third-order valence-corrected chi connectivity index (χ3v) is 4.65. The van der Waals surface area contributed by atoms with Gasteiger partial charge in [-0.25, -0.2) is 4.79 Å². The van der Waals surface area contributed by atoms with E-state index in [9.17, 15) is 4.79 Å². The van der Waals surface area contributed by atoms with Gasteiger partial charge in [-0.2, -0.15) is 4.99 Å². The number of carbonyl (C=O) groups excluding carboxylic acids is 1. The minimum absolute atomic E-state index is 0.0406. The van der Waals surface area contributed by atoms with E-state index in [-0.39, 0.29) is 6.73 Å². The first-order chi connectivity index (χ1) is 6.74. The second-order valence-electron chi connectivity index (χ2n) is 2.72. The molecule has 0 saturated carbocycles. The number of isocyanates is 1. The highest BCUT2D eigenvalue weighted by Crippen LogP contribution is 2.16. The van der Waals surface area contributed by atoms with Crippen molar-refractivity contribution < 1.29 is 18.1 Å². The van der Waals surface area contributed by atoms with Crippen LogP contribution in [0.5, 0.6) is 0 Å². The normalized spacial score (nSPS) is 11.1. The van der Waals surface area contributed by atoms with Crippen LogP contribution < -0.4 is 0 Å². The van der Waals surface area contributed by atoms with Crippen LogP contribution in [0, 0.1) is 0 Å². The van der Waals surface area contributed by atoms with Gasteiger partial charge in [0.2, 0.25) is 6.08 Å². The maximum atomic E-state index is 9.84. The van der Waals surface area contributed by atoms with E-state index in [0.717, 1.165) is 18.9 Å². The molecule has 14 heavy (non-hydrogen) atoms. The first-order valence-corrected chi connectivity index (χ1v) is 6.45. The number of hydrogen-bond acceptors (Lipinski definition) is 5. The molecule has 0 bridgehead atoms. The molecule has 0 fully saturated rings. The zero-order chi connectivity index (χ0) is 10.9. The molecule has 0 spiro atoms. The molecule has 0 radical (unpaired) electrons. The van der Waals surface area contributed by atoms with Crippen LogP contribution in [0.15, 0.2) is 4.99 Å². The second-order valence-corrected chi connectivity index (χ2v) is 5.69. The molecule has 6 heteroatoms. The Bertz CT molecular complexity index is 190. The third-order valence-electron chi connectivity index (χ3n) is 1.87. The molecule has 0 unspecified atom stereocenters. The fourth-order valence-electron chi connectivity index (χ4n) is 1.03. The first kappa shape index (κ1) is 13.5. The van der Waals surface area contributed by atoms with Crippen LogP contribution in [0.4, 0.5) is 0 Å². The van der Waals surface area contributed by atoms with E-state index < -0.39 is 8.80 Å². The summed E-state index contributed by atoms with van der Waals surface area (Å²) < 4.78 is 15.8. The molecule has 0 aromatic rings. The van der Waals surface area contributed by atoms with Crippen LogP contribution >= 0.6 is 0 Å². The fourth-order valence-corrected chi connectivity index (χ4v) is 3.03. The van der Waals surface area contributed by atoms with Gasteiger partial charge >= 0.3 is 8.80 Å². The van der Waals surface area contributed by atoms with E-state index in [1.165, 1.54) is 6.08 Å². The SMILES string of the molecule is CCCC[Si](OC)(OC)OCN=C=O. The molecule has 0 rings (SSSR count). The van der Waals surface area contributed by atoms with E-state index in [1.807, 2.05) is 0 Å². The van der Waals surface area contributed by atoms with Crippen molar-refractivity contribution in [2.75, 3.05) is 21.0 Å². The summed E-state index contributed by atoms with van der Waals surface area (Å²) in [7, 11) is 0.529. The van der Waals surface area contributed by atoms with Gasteiger partial charge in [0, 0.05) is 20.3 Å². The van der Waals surface area contributed by atoms with Crippen molar-refractivity contribution >= 4 is 14.9 Å². The Labute approximate surface area is 85.4 Å². The van der Waals surface area contributed by atoms with Crippen molar-refractivity contribution in [2.24, 2.45) is 4.99 Å². The highest BCUT2D eigenvalue weighted by Gasteiger charge is 2.38. The van der Waals surface area contributed by atoms with Crippen LogP contribution in [0.2, 0.25) is 6.04 Å². The molecular weight excluding hydrogens is 202 g/mol. The molecule has 0 aromatic heterocycles. The fraction of sp³-hybridized carbons (Fsp3) is 0.875. The molecular formula is C8H17NO4Si. The molecule has 0 heterocycles. The van der Waals surface area contributed by atoms with Crippen LogP contribution in [0.3, 0.4) is 0 Å². The smallest absolute Gasteiger partial charge is 0.377 e. The monoisotopic (exact) mass is 219 g/mol. The lowest BCUT2D eigenvalue weighted by Crippen LogP contribution is -2.43. The van der Waals surface area contributed by atoms with Gasteiger partial charge in [0.05, 0.1) is 0 Å². The predicted molar refractivity (Wildman–Crippen MR) is 53.6 cm³/mol. The maximum absolute atomic E-state index is 9.84. The van der Waals surface area contributed by atoms with E-state index in [2.05, 4.69) is 11.9 Å². The average Bonchev–Trinajstić information content (AvgIpc) is 2.24. The molecule has 0 aliphatic rings. The molecule has 0 amide bonds. The number of unbranched alkanes of at least 4 members (excludes halogenated alkanes) is 1. The number of hydrogen-bond donors (Lipinski definition) is 0. The Morgan fingerprint density at radius 1 is 1.36 bits per heavy atom. The Morgan fingerprint density at radius 3 is 2.43 bits per heavy atom. The van der Waals surface area contributed by atoms with Gasteiger partial charge in [-0.1, -0.05) is 13.3 Å². The summed E-state index contributed by atoms with van der Waals surface area (Å²) in [6.45, 7) is 2.04. The van der Waals surface area contributed by atoms with Gasteiger partial charge in [-0.3, -0.25) is 0 Å². The Kier molecular flexibility index (Phi) is 7.55. The standard InChI is InChI=1S/C8H17NO4Si/c1-4-5-6-14(11-2,12-3)13-8-9-7-10/h4-6,8H2,1-3H3. The Balaban J connectivity index is 4.13. The molecule has 0 aliphatic carbocycles. The lowest BCUT2D eigenvalue weighted by atomic mass is 10.4. The van der Waals surface area contributed by atoms with Gasteiger partial charge < -0.3 is 13.3 Å². The Morgan fingerprint density at radius 2 is 2.00 bits per heavy atom. The van der Waals surface area contributed by atoms with Crippen LogP contribution in [-0.4, -0.2) is 35.8 Å². The van der Waals surface area contributed by atoms with Gasteiger partial charge in [0.1, 0.15) is 6.73 Å².